The fourth-order valence-electron chi connectivity index (χ4n) is 1.72. The molecule has 1 saturated carbocycles. The summed E-state index contributed by atoms with van der Waals surface area (Å²) in [6.07, 6.45) is 7.08. The third-order valence-corrected chi connectivity index (χ3v) is 2.68. The summed E-state index contributed by atoms with van der Waals surface area (Å²) in [4.78, 5) is 11.0. The van der Waals surface area contributed by atoms with Crippen molar-refractivity contribution < 1.29 is 4.79 Å². The molecule has 1 amide bonds. The smallest absolute Gasteiger partial charge is 0.220 e. The van der Waals surface area contributed by atoms with Crippen LogP contribution in [0.4, 0.5) is 0 Å². The third kappa shape index (κ3) is 2.84. The van der Waals surface area contributed by atoms with Crippen molar-refractivity contribution in [2.24, 2.45) is 17.6 Å². The summed E-state index contributed by atoms with van der Waals surface area (Å²) in [5.74, 6) is 0.754. The van der Waals surface area contributed by atoms with Gasteiger partial charge in [0.15, 0.2) is 0 Å². The number of carbonyl (C=O) groups is 1. The first kappa shape index (κ1) is 9.56. The van der Waals surface area contributed by atoms with Gasteiger partial charge in [-0.15, -0.1) is 0 Å². The van der Waals surface area contributed by atoms with E-state index in [9.17, 15) is 4.79 Å². The Morgan fingerprint density at radius 1 is 1.50 bits per heavy atom. The largest absolute Gasteiger partial charge is 0.369 e. The van der Waals surface area contributed by atoms with E-state index in [2.05, 4.69) is 6.92 Å². The first-order chi connectivity index (χ1) is 5.75. The molecular formula is C10H19NO. The first-order valence-electron chi connectivity index (χ1n) is 5.05. The molecule has 0 heterocycles. The van der Waals surface area contributed by atoms with Crippen LogP contribution in [-0.4, -0.2) is 5.91 Å². The van der Waals surface area contributed by atoms with Crippen molar-refractivity contribution in [3.63, 3.8) is 0 Å². The maximum absolute atomic E-state index is 11.0. The number of nitrogens with two attached hydrogens (primary N) is 1. The van der Waals surface area contributed by atoms with E-state index in [-0.39, 0.29) is 11.8 Å². The summed E-state index contributed by atoms with van der Waals surface area (Å²) in [7, 11) is 0. The summed E-state index contributed by atoms with van der Waals surface area (Å²) in [5, 5.41) is 0. The van der Waals surface area contributed by atoms with E-state index in [1.807, 2.05) is 0 Å². The molecule has 1 rings (SSSR count). The SMILES string of the molecule is CCCCCC(C(N)=O)C1CC1. The molecule has 0 spiro atoms. The lowest BCUT2D eigenvalue weighted by molar-refractivity contribution is -0.122. The average Bonchev–Trinajstić information content (AvgIpc) is 2.80. The van der Waals surface area contributed by atoms with Crippen LogP contribution in [0.25, 0.3) is 0 Å². The Balaban J connectivity index is 2.19. The van der Waals surface area contributed by atoms with Crippen molar-refractivity contribution >= 4 is 5.91 Å². The zero-order valence-electron chi connectivity index (χ0n) is 7.88. The zero-order chi connectivity index (χ0) is 8.97. The van der Waals surface area contributed by atoms with Crippen molar-refractivity contribution in [1.29, 1.82) is 0 Å². The monoisotopic (exact) mass is 169 g/mol. The second-order valence-electron chi connectivity index (χ2n) is 3.84. The third-order valence-electron chi connectivity index (χ3n) is 2.68. The molecule has 2 nitrogen and oxygen atoms in total. The van der Waals surface area contributed by atoms with Gasteiger partial charge in [-0.25, -0.2) is 0 Å². The Hall–Kier alpha value is -0.530. The van der Waals surface area contributed by atoms with Crippen LogP contribution in [0.1, 0.15) is 45.4 Å². The van der Waals surface area contributed by atoms with Crippen LogP contribution in [0, 0.1) is 11.8 Å². The molecule has 0 bridgehead atoms. The number of primary amides is 1. The molecule has 0 radical (unpaired) electrons. The minimum Gasteiger partial charge on any atom is -0.369 e. The predicted molar refractivity (Wildman–Crippen MR) is 49.6 cm³/mol. The normalized spacial score (nSPS) is 19.1. The van der Waals surface area contributed by atoms with E-state index in [0.717, 1.165) is 6.42 Å². The van der Waals surface area contributed by atoms with E-state index in [4.69, 9.17) is 5.73 Å². The van der Waals surface area contributed by atoms with Gasteiger partial charge in [-0.05, 0) is 25.2 Å². The van der Waals surface area contributed by atoms with Gasteiger partial charge >= 0.3 is 0 Å². The molecule has 1 unspecified atom stereocenters. The molecule has 2 N–H and O–H groups in total. The lowest BCUT2D eigenvalue weighted by Gasteiger charge is -2.10. The maximum atomic E-state index is 11.0. The van der Waals surface area contributed by atoms with Crippen molar-refractivity contribution in [2.75, 3.05) is 0 Å². The minimum atomic E-state index is -0.0754. The maximum Gasteiger partial charge on any atom is 0.220 e. The Morgan fingerprint density at radius 2 is 2.17 bits per heavy atom. The van der Waals surface area contributed by atoms with Gasteiger partial charge in [0.1, 0.15) is 0 Å². The predicted octanol–water partition coefficient (Wildman–Crippen LogP) is 2.08. The van der Waals surface area contributed by atoms with Gasteiger partial charge in [-0.3, -0.25) is 4.79 Å². The van der Waals surface area contributed by atoms with Crippen molar-refractivity contribution in [1.82, 2.24) is 0 Å². The van der Waals surface area contributed by atoms with Gasteiger partial charge in [0, 0.05) is 5.92 Å². The number of rotatable bonds is 6. The standard InChI is InChI=1S/C10H19NO/c1-2-3-4-5-9(10(11)12)8-6-7-8/h8-9H,2-7H2,1H3,(H2,11,12). The average molecular weight is 169 g/mol. The van der Waals surface area contributed by atoms with Crippen LogP contribution >= 0.6 is 0 Å². The highest BCUT2D eigenvalue weighted by Crippen LogP contribution is 2.39. The summed E-state index contributed by atoms with van der Waals surface area (Å²) < 4.78 is 0. The molecule has 12 heavy (non-hydrogen) atoms. The van der Waals surface area contributed by atoms with Gasteiger partial charge in [0.05, 0.1) is 0 Å². The Labute approximate surface area is 74.5 Å². The van der Waals surface area contributed by atoms with Gasteiger partial charge in [-0.2, -0.15) is 0 Å². The fourth-order valence-corrected chi connectivity index (χ4v) is 1.72. The van der Waals surface area contributed by atoms with Crippen molar-refractivity contribution in [3.05, 3.63) is 0 Å². The van der Waals surface area contributed by atoms with Gasteiger partial charge in [0.25, 0.3) is 0 Å². The summed E-state index contributed by atoms with van der Waals surface area (Å²) in [6, 6.07) is 0. The van der Waals surface area contributed by atoms with Crippen molar-refractivity contribution in [2.45, 2.75) is 45.4 Å². The molecule has 0 aliphatic heterocycles. The molecule has 0 aromatic carbocycles. The van der Waals surface area contributed by atoms with Gasteiger partial charge in [0.2, 0.25) is 5.91 Å². The number of unbranched alkanes of at least 4 members (excludes halogenated alkanes) is 2. The molecule has 1 aliphatic carbocycles. The molecule has 0 aromatic heterocycles. The number of carbonyl (C=O) groups excluding carboxylic acids is 1. The van der Waals surface area contributed by atoms with Crippen LogP contribution in [0.15, 0.2) is 0 Å². The van der Waals surface area contributed by atoms with Gasteiger partial charge in [-0.1, -0.05) is 26.2 Å². The molecule has 1 aliphatic rings. The topological polar surface area (TPSA) is 43.1 Å². The highest BCUT2D eigenvalue weighted by atomic mass is 16.1. The Kier molecular flexibility index (Phi) is 3.57. The first-order valence-corrected chi connectivity index (χ1v) is 5.05. The summed E-state index contributed by atoms with van der Waals surface area (Å²) in [5.41, 5.74) is 5.32. The molecule has 0 aromatic rings. The lowest BCUT2D eigenvalue weighted by atomic mass is 9.96. The highest BCUT2D eigenvalue weighted by molar-refractivity contribution is 5.77. The Bertz CT molecular complexity index is 152. The number of hydrogen-bond donors (Lipinski definition) is 1. The van der Waals surface area contributed by atoms with Crippen LogP contribution in [-0.2, 0) is 4.79 Å². The quantitative estimate of drug-likeness (QED) is 0.608. The Morgan fingerprint density at radius 3 is 2.58 bits per heavy atom. The van der Waals surface area contributed by atoms with Crippen LogP contribution in [0.2, 0.25) is 0 Å². The second kappa shape index (κ2) is 4.48. The van der Waals surface area contributed by atoms with Crippen LogP contribution in [0.3, 0.4) is 0 Å². The number of hydrogen-bond acceptors (Lipinski definition) is 1. The van der Waals surface area contributed by atoms with E-state index < -0.39 is 0 Å². The highest BCUT2D eigenvalue weighted by Gasteiger charge is 2.33. The molecule has 70 valence electrons. The molecular weight excluding hydrogens is 150 g/mol. The summed E-state index contributed by atoms with van der Waals surface area (Å²) in [6.45, 7) is 2.18. The second-order valence-corrected chi connectivity index (χ2v) is 3.84. The van der Waals surface area contributed by atoms with E-state index >= 15 is 0 Å². The minimum absolute atomic E-state index is 0.0754. The fraction of sp³-hybridized carbons (Fsp3) is 0.900. The van der Waals surface area contributed by atoms with Crippen LogP contribution in [0.5, 0.6) is 0 Å². The lowest BCUT2D eigenvalue weighted by Crippen LogP contribution is -2.24. The molecule has 1 fully saturated rings. The van der Waals surface area contributed by atoms with Gasteiger partial charge < -0.3 is 5.73 Å². The van der Waals surface area contributed by atoms with E-state index in [1.165, 1.54) is 32.1 Å². The number of amides is 1. The van der Waals surface area contributed by atoms with E-state index in [0.29, 0.717) is 5.92 Å². The van der Waals surface area contributed by atoms with Crippen molar-refractivity contribution in [3.8, 4) is 0 Å². The van der Waals surface area contributed by atoms with Crippen LogP contribution < -0.4 is 5.73 Å². The molecule has 0 saturated heterocycles. The van der Waals surface area contributed by atoms with E-state index in [1.54, 1.807) is 0 Å². The summed E-state index contributed by atoms with van der Waals surface area (Å²) >= 11 is 0. The molecule has 1 atom stereocenters. The molecule has 2 heteroatoms. The zero-order valence-corrected chi connectivity index (χ0v) is 7.88.